The van der Waals surface area contributed by atoms with E-state index in [2.05, 4.69) is 0 Å². The maximum Gasteiger partial charge on any atom is 0.296 e. The number of likely N-dealkylation sites (tertiary alicyclic amines) is 1. The topological polar surface area (TPSA) is 89.2 Å². The number of amides is 1. The number of aliphatic hydroxyl groups excluding tert-OH is 1. The van der Waals surface area contributed by atoms with Crippen LogP contribution in [0.4, 0.5) is 0 Å². The monoisotopic (exact) mass is 529 g/mol. The number of rotatable bonds is 8. The number of aliphatic hydroxyl groups is 1. The van der Waals surface area contributed by atoms with Crippen LogP contribution in [0, 0.1) is 0 Å². The van der Waals surface area contributed by atoms with Crippen molar-refractivity contribution < 1.29 is 28.6 Å². The first-order valence-electron chi connectivity index (χ1n) is 11.9. The number of methoxy groups -OCH3 is 1. The normalized spacial score (nSPS) is 16.6. The molecule has 2 heterocycles. The molecule has 3 aromatic carbocycles. The smallest absolute Gasteiger partial charge is 0.296 e. The predicted octanol–water partition coefficient (Wildman–Crippen LogP) is 6.14. The molecule has 1 fully saturated rings. The molecule has 0 saturated carbocycles. The minimum absolute atomic E-state index is 0.0286. The fourth-order valence-electron chi connectivity index (χ4n) is 4.49. The van der Waals surface area contributed by atoms with Crippen molar-refractivity contribution in [3.05, 3.63) is 124 Å². The number of hydrogen-bond donors (Lipinski definition) is 1. The van der Waals surface area contributed by atoms with E-state index in [1.807, 2.05) is 30.3 Å². The van der Waals surface area contributed by atoms with Crippen molar-refractivity contribution in [3.63, 3.8) is 0 Å². The molecule has 0 bridgehead atoms. The van der Waals surface area contributed by atoms with Crippen LogP contribution in [0.1, 0.15) is 28.5 Å². The van der Waals surface area contributed by atoms with Crippen LogP contribution in [0.25, 0.3) is 5.76 Å². The van der Waals surface area contributed by atoms with Crippen molar-refractivity contribution in [1.29, 1.82) is 0 Å². The molecule has 192 valence electrons. The lowest BCUT2D eigenvalue weighted by Crippen LogP contribution is -2.29. The molecule has 4 aromatic rings. The average molecular weight is 530 g/mol. The third-order valence-corrected chi connectivity index (χ3v) is 6.52. The van der Waals surface area contributed by atoms with E-state index in [0.717, 1.165) is 5.56 Å². The highest BCUT2D eigenvalue weighted by Gasteiger charge is 2.46. The molecule has 1 atom stereocenters. The summed E-state index contributed by atoms with van der Waals surface area (Å²) in [6.07, 6.45) is 1.50. The van der Waals surface area contributed by atoms with Gasteiger partial charge in [-0.3, -0.25) is 9.59 Å². The Hall–Kier alpha value is -4.49. The first-order chi connectivity index (χ1) is 18.5. The Labute approximate surface area is 224 Å². The number of nitrogens with zero attached hydrogens (tertiary/aromatic N) is 1. The van der Waals surface area contributed by atoms with Gasteiger partial charge < -0.3 is 23.9 Å². The van der Waals surface area contributed by atoms with Crippen LogP contribution in [0.2, 0.25) is 5.02 Å². The minimum Gasteiger partial charge on any atom is -0.507 e. The fraction of sp³-hybridized carbons (Fsp3) is 0.133. The van der Waals surface area contributed by atoms with Crippen LogP contribution in [0.5, 0.6) is 11.5 Å². The van der Waals surface area contributed by atoms with Gasteiger partial charge in [-0.25, -0.2) is 0 Å². The zero-order valence-corrected chi connectivity index (χ0v) is 21.2. The first-order valence-corrected chi connectivity index (χ1v) is 12.3. The molecule has 7 nitrogen and oxygen atoms in total. The zero-order valence-electron chi connectivity index (χ0n) is 20.5. The average Bonchev–Trinajstić information content (AvgIpc) is 3.54. The van der Waals surface area contributed by atoms with Crippen LogP contribution in [0.3, 0.4) is 0 Å². The van der Waals surface area contributed by atoms with Crippen LogP contribution < -0.4 is 9.47 Å². The summed E-state index contributed by atoms with van der Waals surface area (Å²) in [7, 11) is 1.44. The summed E-state index contributed by atoms with van der Waals surface area (Å²) in [6.45, 7) is 0.372. The standard InChI is InChI=1S/C30H24ClNO6/c1-36-25-13-12-21(31)16-24(25)28(33)26-27(32(30(35)29(26)34)17-23-11-6-14-37-23)20-9-5-10-22(15-20)38-18-19-7-3-2-4-8-19/h2-16,27,33H,17-18H2,1H3/b28-26+. The minimum atomic E-state index is -0.913. The van der Waals surface area contributed by atoms with Gasteiger partial charge in [0.15, 0.2) is 0 Å². The number of ketones is 1. The maximum atomic E-state index is 13.4. The molecule has 8 heteroatoms. The van der Waals surface area contributed by atoms with Gasteiger partial charge in [0.1, 0.15) is 29.6 Å². The molecule has 1 aliphatic rings. The van der Waals surface area contributed by atoms with Crippen molar-refractivity contribution in [1.82, 2.24) is 4.90 Å². The molecule has 5 rings (SSSR count). The molecular formula is C30H24ClNO6. The number of ether oxygens (including phenoxy) is 2. The Morgan fingerprint density at radius 3 is 2.55 bits per heavy atom. The summed E-state index contributed by atoms with van der Waals surface area (Å²) >= 11 is 6.19. The summed E-state index contributed by atoms with van der Waals surface area (Å²) in [6, 6.07) is 24.0. The SMILES string of the molecule is COc1ccc(Cl)cc1/C(O)=C1\C(=O)C(=O)N(Cc2ccco2)C1c1cccc(OCc2ccccc2)c1. The van der Waals surface area contributed by atoms with Crippen LogP contribution in [-0.4, -0.2) is 28.8 Å². The molecule has 1 N–H and O–H groups in total. The Bertz CT molecular complexity index is 1500. The van der Waals surface area contributed by atoms with Gasteiger partial charge in [-0.2, -0.15) is 0 Å². The van der Waals surface area contributed by atoms with Crippen molar-refractivity contribution in [3.8, 4) is 11.5 Å². The molecule has 1 aromatic heterocycles. The van der Waals surface area contributed by atoms with Crippen molar-refractivity contribution in [2.24, 2.45) is 0 Å². The maximum absolute atomic E-state index is 13.4. The largest absolute Gasteiger partial charge is 0.507 e. The second kappa shape index (κ2) is 10.9. The van der Waals surface area contributed by atoms with E-state index in [-0.39, 0.29) is 23.4 Å². The number of hydrogen-bond acceptors (Lipinski definition) is 6. The molecule has 1 amide bonds. The van der Waals surface area contributed by atoms with Crippen molar-refractivity contribution in [2.45, 2.75) is 19.2 Å². The van der Waals surface area contributed by atoms with Gasteiger partial charge >= 0.3 is 0 Å². The van der Waals surface area contributed by atoms with Gasteiger partial charge in [-0.15, -0.1) is 0 Å². The molecule has 1 unspecified atom stereocenters. The van der Waals surface area contributed by atoms with E-state index >= 15 is 0 Å². The Balaban J connectivity index is 1.60. The van der Waals surface area contributed by atoms with Crippen LogP contribution in [0.15, 0.2) is 101 Å². The molecule has 0 aliphatic carbocycles. The van der Waals surface area contributed by atoms with E-state index in [1.165, 1.54) is 24.3 Å². The number of carbonyl (C=O) groups is 2. The van der Waals surface area contributed by atoms with E-state index in [0.29, 0.717) is 34.5 Å². The molecule has 38 heavy (non-hydrogen) atoms. The molecule has 0 spiro atoms. The number of Topliss-reactive ketones (excluding diaryl/α,β-unsaturated/α-hetero) is 1. The van der Waals surface area contributed by atoms with E-state index in [4.69, 9.17) is 25.5 Å². The second-order valence-electron chi connectivity index (χ2n) is 8.70. The molecule has 1 aliphatic heterocycles. The summed E-state index contributed by atoms with van der Waals surface area (Å²) in [4.78, 5) is 28.0. The van der Waals surface area contributed by atoms with Gasteiger partial charge in [-0.1, -0.05) is 54.1 Å². The lowest BCUT2D eigenvalue weighted by atomic mass is 9.94. The third kappa shape index (κ3) is 5.01. The summed E-state index contributed by atoms with van der Waals surface area (Å²) in [5, 5.41) is 11.8. The van der Waals surface area contributed by atoms with Crippen LogP contribution in [-0.2, 0) is 22.7 Å². The fourth-order valence-corrected chi connectivity index (χ4v) is 4.66. The summed E-state index contributed by atoms with van der Waals surface area (Å²) < 4.78 is 16.8. The van der Waals surface area contributed by atoms with Gasteiger partial charge in [-0.05, 0) is 53.6 Å². The zero-order chi connectivity index (χ0) is 26.6. The Morgan fingerprint density at radius 1 is 1.00 bits per heavy atom. The van der Waals surface area contributed by atoms with Gasteiger partial charge in [0.05, 0.1) is 37.1 Å². The highest BCUT2D eigenvalue weighted by Crippen LogP contribution is 2.42. The first kappa shape index (κ1) is 25.2. The number of benzene rings is 3. The number of furan rings is 1. The number of carbonyl (C=O) groups excluding carboxylic acids is 2. The lowest BCUT2D eigenvalue weighted by molar-refractivity contribution is -0.140. The van der Waals surface area contributed by atoms with Gasteiger partial charge in [0.2, 0.25) is 0 Å². The van der Waals surface area contributed by atoms with Gasteiger partial charge in [0, 0.05) is 5.02 Å². The summed E-state index contributed by atoms with van der Waals surface area (Å²) in [5.74, 6) is -0.613. The quantitative estimate of drug-likeness (QED) is 0.167. The van der Waals surface area contributed by atoms with Gasteiger partial charge in [0.25, 0.3) is 11.7 Å². The second-order valence-corrected chi connectivity index (χ2v) is 9.13. The predicted molar refractivity (Wildman–Crippen MR) is 142 cm³/mol. The van der Waals surface area contributed by atoms with Crippen molar-refractivity contribution >= 4 is 29.1 Å². The van der Waals surface area contributed by atoms with E-state index in [1.54, 1.807) is 48.5 Å². The lowest BCUT2D eigenvalue weighted by Gasteiger charge is -2.25. The molecule has 1 saturated heterocycles. The summed E-state index contributed by atoms with van der Waals surface area (Å²) in [5.41, 5.74) is 1.71. The Morgan fingerprint density at radius 2 is 1.82 bits per heavy atom. The highest BCUT2D eigenvalue weighted by atomic mass is 35.5. The number of halogens is 1. The molecule has 0 radical (unpaired) electrons. The third-order valence-electron chi connectivity index (χ3n) is 6.29. The Kier molecular flexibility index (Phi) is 7.20. The van der Waals surface area contributed by atoms with E-state index < -0.39 is 17.7 Å². The van der Waals surface area contributed by atoms with Crippen LogP contribution >= 0.6 is 11.6 Å². The van der Waals surface area contributed by atoms with Crippen molar-refractivity contribution in [2.75, 3.05) is 7.11 Å². The van der Waals surface area contributed by atoms with E-state index in [9.17, 15) is 14.7 Å². The highest BCUT2D eigenvalue weighted by molar-refractivity contribution is 6.46. The molecular weight excluding hydrogens is 506 g/mol.